The van der Waals surface area contributed by atoms with Crippen LogP contribution in [0.3, 0.4) is 0 Å². The molecule has 1 aromatic heterocycles. The van der Waals surface area contributed by atoms with Gasteiger partial charge in [0.2, 0.25) is 0 Å². The van der Waals surface area contributed by atoms with Crippen LogP contribution < -0.4 is 15.0 Å². The second-order valence-corrected chi connectivity index (χ2v) is 4.77. The van der Waals surface area contributed by atoms with Gasteiger partial charge >= 0.3 is 0 Å². The molecule has 2 rings (SSSR count). The van der Waals surface area contributed by atoms with E-state index in [2.05, 4.69) is 36.2 Å². The predicted molar refractivity (Wildman–Crippen MR) is 85.9 cm³/mol. The van der Waals surface area contributed by atoms with Crippen LogP contribution in [0, 0.1) is 0 Å². The highest BCUT2D eigenvalue weighted by molar-refractivity contribution is 5.50. The Morgan fingerprint density at radius 2 is 2.00 bits per heavy atom. The van der Waals surface area contributed by atoms with Gasteiger partial charge in [-0.15, -0.1) is 0 Å². The first-order chi connectivity index (χ1) is 10.3. The molecule has 0 radical (unpaired) electrons. The van der Waals surface area contributed by atoms with E-state index in [-0.39, 0.29) is 0 Å². The van der Waals surface area contributed by atoms with Crippen molar-refractivity contribution in [1.29, 1.82) is 0 Å². The largest absolute Gasteiger partial charge is 0.492 e. The van der Waals surface area contributed by atoms with Gasteiger partial charge in [-0.25, -0.2) is 0 Å². The first-order valence-electron chi connectivity index (χ1n) is 7.54. The van der Waals surface area contributed by atoms with Crippen LogP contribution in [0.2, 0.25) is 0 Å². The maximum atomic E-state index is 5.79. The Balaban J connectivity index is 1.74. The van der Waals surface area contributed by atoms with Crippen molar-refractivity contribution < 1.29 is 9.15 Å². The number of nitrogens with zero attached hydrogens (tertiary/aromatic N) is 1. The normalized spacial score (nSPS) is 10.6. The van der Waals surface area contributed by atoms with E-state index in [1.165, 1.54) is 5.69 Å². The monoisotopic (exact) mass is 288 g/mol. The Hall–Kier alpha value is -1.94. The molecule has 0 aliphatic carbocycles. The lowest BCUT2D eigenvalue weighted by Gasteiger charge is -2.21. The van der Waals surface area contributed by atoms with Crippen LogP contribution in [-0.2, 0) is 6.54 Å². The van der Waals surface area contributed by atoms with E-state index < -0.39 is 0 Å². The number of ether oxygens (including phenoxy) is 1. The van der Waals surface area contributed by atoms with Crippen LogP contribution in [0.5, 0.6) is 5.75 Å². The number of hydrogen-bond acceptors (Lipinski definition) is 4. The molecule has 0 amide bonds. The maximum Gasteiger partial charge on any atom is 0.121 e. The van der Waals surface area contributed by atoms with E-state index in [1.807, 2.05) is 24.3 Å². The fourth-order valence-corrected chi connectivity index (χ4v) is 2.22. The second kappa shape index (κ2) is 8.37. The van der Waals surface area contributed by atoms with Crippen molar-refractivity contribution >= 4 is 5.69 Å². The van der Waals surface area contributed by atoms with Crippen molar-refractivity contribution in [3.05, 3.63) is 48.4 Å². The highest BCUT2D eigenvalue weighted by Gasteiger charge is 2.03. The molecule has 4 nitrogen and oxygen atoms in total. The molecule has 0 aliphatic heterocycles. The third-order valence-corrected chi connectivity index (χ3v) is 3.37. The lowest BCUT2D eigenvalue weighted by atomic mass is 10.2. The topological polar surface area (TPSA) is 37.6 Å². The number of hydrogen-bond donors (Lipinski definition) is 1. The number of anilines is 1. The van der Waals surface area contributed by atoms with E-state index in [4.69, 9.17) is 9.15 Å². The predicted octanol–water partition coefficient (Wildman–Crippen LogP) is 3.29. The summed E-state index contributed by atoms with van der Waals surface area (Å²) in [6.45, 7) is 8.49. The minimum atomic E-state index is 0.641. The van der Waals surface area contributed by atoms with E-state index in [0.29, 0.717) is 6.61 Å². The van der Waals surface area contributed by atoms with Crippen molar-refractivity contribution in [3.8, 4) is 5.75 Å². The molecule has 1 N–H and O–H groups in total. The lowest BCUT2D eigenvalue weighted by molar-refractivity contribution is 0.311. The first-order valence-corrected chi connectivity index (χ1v) is 7.54. The standard InChI is InChI=1S/C17H24N2O2/c1-3-19(4-2)15-7-5-8-16(13-15)21-12-10-18-14-17-9-6-11-20-17/h5-9,11,13,18H,3-4,10,12,14H2,1-2H3. The number of furan rings is 1. The summed E-state index contributed by atoms with van der Waals surface area (Å²) in [7, 11) is 0. The molecule has 0 aliphatic rings. The van der Waals surface area contributed by atoms with Gasteiger partial charge in [0.15, 0.2) is 0 Å². The molecule has 0 unspecified atom stereocenters. The Morgan fingerprint density at radius 3 is 2.71 bits per heavy atom. The summed E-state index contributed by atoms with van der Waals surface area (Å²) in [5.74, 6) is 1.86. The van der Waals surface area contributed by atoms with Gasteiger partial charge in [0.1, 0.15) is 18.1 Å². The van der Waals surface area contributed by atoms with E-state index in [0.717, 1.165) is 37.7 Å². The van der Waals surface area contributed by atoms with Gasteiger partial charge in [0, 0.05) is 31.4 Å². The summed E-state index contributed by atoms with van der Waals surface area (Å²) >= 11 is 0. The zero-order chi connectivity index (χ0) is 14.9. The van der Waals surface area contributed by atoms with Crippen molar-refractivity contribution in [1.82, 2.24) is 5.32 Å². The molecular weight excluding hydrogens is 264 g/mol. The molecule has 114 valence electrons. The number of benzene rings is 1. The molecule has 1 aromatic carbocycles. The number of rotatable bonds is 9. The summed E-state index contributed by atoms with van der Waals surface area (Å²) in [5, 5.41) is 3.29. The molecule has 0 atom stereocenters. The van der Waals surface area contributed by atoms with E-state index in [9.17, 15) is 0 Å². The summed E-state index contributed by atoms with van der Waals surface area (Å²) in [6.07, 6.45) is 1.69. The Morgan fingerprint density at radius 1 is 1.14 bits per heavy atom. The fraction of sp³-hybridized carbons (Fsp3) is 0.412. The smallest absolute Gasteiger partial charge is 0.121 e. The van der Waals surface area contributed by atoms with Crippen molar-refractivity contribution in [2.45, 2.75) is 20.4 Å². The van der Waals surface area contributed by atoms with Gasteiger partial charge in [0.05, 0.1) is 12.8 Å². The zero-order valence-corrected chi connectivity index (χ0v) is 12.8. The Labute approximate surface area is 126 Å². The zero-order valence-electron chi connectivity index (χ0n) is 12.8. The van der Waals surface area contributed by atoms with Gasteiger partial charge in [-0.05, 0) is 38.1 Å². The molecule has 0 bridgehead atoms. The van der Waals surface area contributed by atoms with Crippen molar-refractivity contribution in [3.63, 3.8) is 0 Å². The first kappa shape index (κ1) is 15.4. The van der Waals surface area contributed by atoms with Gasteiger partial charge < -0.3 is 19.4 Å². The third kappa shape index (κ3) is 4.83. The van der Waals surface area contributed by atoms with Crippen LogP contribution in [0.15, 0.2) is 47.1 Å². The van der Waals surface area contributed by atoms with Crippen LogP contribution >= 0.6 is 0 Å². The maximum absolute atomic E-state index is 5.79. The quantitative estimate of drug-likeness (QED) is 0.718. The second-order valence-electron chi connectivity index (χ2n) is 4.77. The van der Waals surface area contributed by atoms with Crippen LogP contribution in [-0.4, -0.2) is 26.2 Å². The highest BCUT2D eigenvalue weighted by atomic mass is 16.5. The summed E-state index contributed by atoms with van der Waals surface area (Å²) < 4.78 is 11.0. The SMILES string of the molecule is CCN(CC)c1cccc(OCCNCc2ccco2)c1. The molecule has 0 saturated carbocycles. The summed E-state index contributed by atoms with van der Waals surface area (Å²) in [5.41, 5.74) is 1.21. The Kier molecular flexibility index (Phi) is 6.16. The van der Waals surface area contributed by atoms with Crippen molar-refractivity contribution in [2.24, 2.45) is 0 Å². The molecule has 4 heteroatoms. The molecular formula is C17H24N2O2. The third-order valence-electron chi connectivity index (χ3n) is 3.37. The summed E-state index contributed by atoms with van der Waals surface area (Å²) in [6, 6.07) is 12.1. The fourth-order valence-electron chi connectivity index (χ4n) is 2.22. The van der Waals surface area contributed by atoms with Gasteiger partial charge in [-0.1, -0.05) is 6.07 Å². The Bertz CT molecular complexity index is 507. The molecule has 0 spiro atoms. The molecule has 1 heterocycles. The van der Waals surface area contributed by atoms with Crippen LogP contribution in [0.1, 0.15) is 19.6 Å². The molecule has 0 saturated heterocycles. The van der Waals surface area contributed by atoms with Crippen molar-refractivity contribution in [2.75, 3.05) is 31.1 Å². The minimum Gasteiger partial charge on any atom is -0.492 e. The van der Waals surface area contributed by atoms with Crippen LogP contribution in [0.25, 0.3) is 0 Å². The average molecular weight is 288 g/mol. The van der Waals surface area contributed by atoms with E-state index in [1.54, 1.807) is 6.26 Å². The highest BCUT2D eigenvalue weighted by Crippen LogP contribution is 2.20. The molecule has 0 fully saturated rings. The molecule has 2 aromatic rings. The number of nitrogens with one attached hydrogen (secondary N) is 1. The molecule has 21 heavy (non-hydrogen) atoms. The van der Waals surface area contributed by atoms with Crippen LogP contribution in [0.4, 0.5) is 5.69 Å². The van der Waals surface area contributed by atoms with Gasteiger partial charge in [-0.3, -0.25) is 0 Å². The van der Waals surface area contributed by atoms with Gasteiger partial charge in [-0.2, -0.15) is 0 Å². The minimum absolute atomic E-state index is 0.641. The average Bonchev–Trinajstić information content (AvgIpc) is 3.02. The van der Waals surface area contributed by atoms with E-state index >= 15 is 0 Å². The lowest BCUT2D eigenvalue weighted by Crippen LogP contribution is -2.22. The van der Waals surface area contributed by atoms with Gasteiger partial charge in [0.25, 0.3) is 0 Å². The summed E-state index contributed by atoms with van der Waals surface area (Å²) in [4.78, 5) is 2.31.